The highest BCUT2D eigenvalue weighted by atomic mass is 35.5. The Kier molecular flexibility index (Phi) is 3.77. The van der Waals surface area contributed by atoms with Crippen LogP contribution < -0.4 is 15.0 Å². The van der Waals surface area contributed by atoms with E-state index in [1.807, 2.05) is 0 Å². The molecule has 0 N–H and O–H groups in total. The lowest BCUT2D eigenvalue weighted by Crippen LogP contribution is -2.18. The minimum Gasteiger partial charge on any atom is -0.497 e. The molecule has 3 aromatic rings. The van der Waals surface area contributed by atoms with E-state index in [0.717, 1.165) is 5.75 Å². The summed E-state index contributed by atoms with van der Waals surface area (Å²) in [5.74, 6) is 1.33. The zero-order valence-corrected chi connectivity index (χ0v) is 12.8. The Balaban J connectivity index is 2.22. The first kappa shape index (κ1) is 14.5. The molecule has 0 aliphatic rings. The van der Waals surface area contributed by atoms with E-state index < -0.39 is 0 Å². The van der Waals surface area contributed by atoms with Gasteiger partial charge in [0.1, 0.15) is 11.5 Å². The topological polar surface area (TPSA) is 40.5 Å². The van der Waals surface area contributed by atoms with Crippen LogP contribution in [0.2, 0.25) is 5.02 Å². The molecule has 2 aromatic carbocycles. The van der Waals surface area contributed by atoms with Gasteiger partial charge in [-0.3, -0.25) is 9.36 Å². The number of aromatic nitrogens is 1. The summed E-state index contributed by atoms with van der Waals surface area (Å²) in [5, 5.41) is 1.50. The number of hydrogen-bond acceptors (Lipinski definition) is 3. The van der Waals surface area contributed by atoms with Gasteiger partial charge in [0.05, 0.1) is 24.6 Å². The quantitative estimate of drug-likeness (QED) is 0.743. The first-order valence-electron chi connectivity index (χ1n) is 6.59. The van der Waals surface area contributed by atoms with Crippen LogP contribution in [-0.4, -0.2) is 18.8 Å². The lowest BCUT2D eigenvalue weighted by Gasteiger charge is -2.10. The number of nitrogens with zero attached hydrogens (tertiary/aromatic N) is 1. The van der Waals surface area contributed by atoms with E-state index in [-0.39, 0.29) is 5.56 Å². The molecule has 0 aliphatic heterocycles. The highest BCUT2D eigenvalue weighted by Gasteiger charge is 2.10. The maximum Gasteiger partial charge on any atom is 0.263 e. The zero-order chi connectivity index (χ0) is 15.7. The van der Waals surface area contributed by atoms with E-state index in [1.54, 1.807) is 56.8 Å². The molecule has 1 aromatic heterocycles. The summed E-state index contributed by atoms with van der Waals surface area (Å²) in [6.07, 6.45) is 1.60. The maximum atomic E-state index is 12.6. The van der Waals surface area contributed by atoms with Gasteiger partial charge < -0.3 is 9.47 Å². The summed E-state index contributed by atoms with van der Waals surface area (Å²) in [6.45, 7) is 0. The van der Waals surface area contributed by atoms with Gasteiger partial charge in [0, 0.05) is 17.3 Å². The molecule has 5 heteroatoms. The average molecular weight is 315 g/mol. The smallest absolute Gasteiger partial charge is 0.263 e. The molecule has 22 heavy (non-hydrogen) atoms. The van der Waals surface area contributed by atoms with Crippen LogP contribution in [0, 0.1) is 6.07 Å². The van der Waals surface area contributed by atoms with Crippen molar-refractivity contribution in [2.24, 2.45) is 0 Å². The lowest BCUT2D eigenvalue weighted by atomic mass is 10.1. The fraction of sp³-hybridized carbons (Fsp3) is 0.118. The van der Waals surface area contributed by atoms with Crippen LogP contribution >= 0.6 is 11.6 Å². The number of hydrogen-bond donors (Lipinski definition) is 0. The van der Waals surface area contributed by atoms with Crippen LogP contribution in [0.3, 0.4) is 0 Å². The van der Waals surface area contributed by atoms with E-state index >= 15 is 0 Å². The minimum absolute atomic E-state index is 0.188. The van der Waals surface area contributed by atoms with Crippen molar-refractivity contribution in [1.82, 2.24) is 4.57 Å². The summed E-state index contributed by atoms with van der Waals surface area (Å²) in [6, 6.07) is 13.5. The van der Waals surface area contributed by atoms with Crippen molar-refractivity contribution < 1.29 is 9.47 Å². The van der Waals surface area contributed by atoms with Gasteiger partial charge in [0.25, 0.3) is 5.56 Å². The van der Waals surface area contributed by atoms with Gasteiger partial charge in [-0.1, -0.05) is 11.6 Å². The van der Waals surface area contributed by atoms with Crippen LogP contribution in [0.5, 0.6) is 11.5 Å². The monoisotopic (exact) mass is 314 g/mol. The van der Waals surface area contributed by atoms with E-state index in [1.165, 1.54) is 4.57 Å². The molecule has 0 saturated carbocycles. The normalized spacial score (nSPS) is 10.7. The number of benzene rings is 2. The molecular formula is C17H13ClNO3. The molecule has 4 nitrogen and oxygen atoms in total. The summed E-state index contributed by atoms with van der Waals surface area (Å²) in [7, 11) is 3.15. The van der Waals surface area contributed by atoms with Crippen molar-refractivity contribution in [2.45, 2.75) is 0 Å². The predicted octanol–water partition coefficient (Wildman–Crippen LogP) is 3.46. The van der Waals surface area contributed by atoms with Gasteiger partial charge in [0.15, 0.2) is 0 Å². The predicted molar refractivity (Wildman–Crippen MR) is 86.5 cm³/mol. The number of pyridine rings is 1. The van der Waals surface area contributed by atoms with Crippen LogP contribution in [0.15, 0.2) is 47.4 Å². The third-order valence-electron chi connectivity index (χ3n) is 3.43. The molecule has 0 bridgehead atoms. The van der Waals surface area contributed by atoms with Gasteiger partial charge in [-0.15, -0.1) is 0 Å². The van der Waals surface area contributed by atoms with Crippen LogP contribution in [0.4, 0.5) is 0 Å². The number of halogens is 1. The van der Waals surface area contributed by atoms with Crippen molar-refractivity contribution >= 4 is 22.4 Å². The number of rotatable bonds is 3. The van der Waals surface area contributed by atoms with Crippen LogP contribution in [0.25, 0.3) is 16.5 Å². The molecule has 0 saturated heterocycles. The van der Waals surface area contributed by atoms with E-state index in [4.69, 9.17) is 21.1 Å². The van der Waals surface area contributed by atoms with Crippen molar-refractivity contribution in [3.05, 3.63) is 64.0 Å². The Morgan fingerprint density at radius 2 is 1.77 bits per heavy atom. The molecule has 0 amide bonds. The first-order chi connectivity index (χ1) is 10.6. The zero-order valence-electron chi connectivity index (χ0n) is 12.1. The number of ether oxygens (including phenoxy) is 2. The Bertz CT molecular complexity index is 885. The molecule has 111 valence electrons. The fourth-order valence-corrected chi connectivity index (χ4v) is 2.50. The van der Waals surface area contributed by atoms with E-state index in [2.05, 4.69) is 6.07 Å². The van der Waals surface area contributed by atoms with Gasteiger partial charge in [-0.2, -0.15) is 0 Å². The highest BCUT2D eigenvalue weighted by molar-refractivity contribution is 6.35. The Morgan fingerprint density at radius 3 is 2.41 bits per heavy atom. The number of fused-ring (bicyclic) bond motifs is 1. The molecule has 0 fully saturated rings. The molecular weight excluding hydrogens is 302 g/mol. The molecule has 0 unspecified atom stereocenters. The molecule has 0 atom stereocenters. The molecule has 3 rings (SSSR count). The maximum absolute atomic E-state index is 12.6. The standard InChI is InChI=1S/C17H13ClNO3/c1-21-12-5-3-11(4-6-12)19-10-16(18)15-9-13(22-2)7-8-14(15)17(19)20/h3-7,9-10H,1-2H3. The Morgan fingerprint density at radius 1 is 1.09 bits per heavy atom. The van der Waals surface area contributed by atoms with Crippen molar-refractivity contribution in [1.29, 1.82) is 0 Å². The molecule has 1 heterocycles. The molecule has 0 aliphatic carbocycles. The third kappa shape index (κ3) is 2.42. The fourth-order valence-electron chi connectivity index (χ4n) is 2.26. The van der Waals surface area contributed by atoms with Crippen LogP contribution in [-0.2, 0) is 0 Å². The van der Waals surface area contributed by atoms with Crippen molar-refractivity contribution in [3.63, 3.8) is 0 Å². The molecule has 1 radical (unpaired) electrons. The first-order valence-corrected chi connectivity index (χ1v) is 6.97. The van der Waals surface area contributed by atoms with E-state index in [0.29, 0.717) is 27.2 Å². The SMILES string of the molecule is COc1ccc(-n2cc(Cl)c3cc(OC)c[c]c3c2=O)cc1. The van der Waals surface area contributed by atoms with Gasteiger partial charge in [0.2, 0.25) is 0 Å². The van der Waals surface area contributed by atoms with Crippen molar-refractivity contribution in [3.8, 4) is 17.2 Å². The summed E-state index contributed by atoms with van der Waals surface area (Å²) in [4.78, 5) is 12.6. The van der Waals surface area contributed by atoms with Crippen molar-refractivity contribution in [2.75, 3.05) is 14.2 Å². The molecule has 0 spiro atoms. The third-order valence-corrected chi connectivity index (χ3v) is 3.73. The second kappa shape index (κ2) is 5.73. The van der Waals surface area contributed by atoms with E-state index in [9.17, 15) is 4.79 Å². The van der Waals surface area contributed by atoms with Crippen LogP contribution in [0.1, 0.15) is 0 Å². The minimum atomic E-state index is -0.188. The summed E-state index contributed by atoms with van der Waals surface area (Å²) < 4.78 is 11.8. The lowest BCUT2D eigenvalue weighted by molar-refractivity contribution is 0.414. The average Bonchev–Trinajstić information content (AvgIpc) is 2.57. The van der Waals surface area contributed by atoms with Gasteiger partial charge in [-0.05, 0) is 42.5 Å². The van der Waals surface area contributed by atoms with Gasteiger partial charge in [-0.25, -0.2) is 0 Å². The highest BCUT2D eigenvalue weighted by Crippen LogP contribution is 2.26. The second-order valence-electron chi connectivity index (χ2n) is 4.68. The summed E-state index contributed by atoms with van der Waals surface area (Å²) >= 11 is 6.31. The largest absolute Gasteiger partial charge is 0.497 e. The summed E-state index contributed by atoms with van der Waals surface area (Å²) in [5.41, 5.74) is 0.519. The Hall–Kier alpha value is -2.46. The number of methoxy groups -OCH3 is 2. The van der Waals surface area contributed by atoms with Gasteiger partial charge >= 0.3 is 0 Å². The second-order valence-corrected chi connectivity index (χ2v) is 5.09. The Labute approximate surface area is 132 Å².